The molecule has 0 fully saturated rings. The second kappa shape index (κ2) is 5.73. The lowest BCUT2D eigenvalue weighted by atomic mass is 9.87. The van der Waals surface area contributed by atoms with Crippen molar-refractivity contribution in [2.75, 3.05) is 0 Å². The van der Waals surface area contributed by atoms with Crippen LogP contribution in [-0.2, 0) is 11.2 Å². The number of carboxylic acid groups (broad SMARTS) is 1. The van der Waals surface area contributed by atoms with Gasteiger partial charge in [-0.2, -0.15) is 0 Å². The van der Waals surface area contributed by atoms with Crippen molar-refractivity contribution in [1.82, 2.24) is 0 Å². The number of hydrogen-bond acceptors (Lipinski definition) is 4. The van der Waals surface area contributed by atoms with Gasteiger partial charge in [-0.15, -0.1) is 0 Å². The maximum absolute atomic E-state index is 11.2. The van der Waals surface area contributed by atoms with Gasteiger partial charge in [0, 0.05) is 6.42 Å². The number of rotatable bonds is 6. The molecule has 0 saturated carbocycles. The summed E-state index contributed by atoms with van der Waals surface area (Å²) in [7, 11) is 0. The van der Waals surface area contributed by atoms with Crippen LogP contribution in [0.15, 0.2) is 18.2 Å². The SMILES string of the molecule is CCCCC(N)(Cc1ccc(O)c(O)c1)C(=O)O. The fraction of sp³-hybridized carbons (Fsp3) is 0.462. The molecule has 0 aliphatic heterocycles. The lowest BCUT2D eigenvalue weighted by molar-refractivity contribution is -0.143. The molecule has 0 aromatic heterocycles. The number of aromatic hydroxyl groups is 2. The normalized spacial score (nSPS) is 14.1. The Morgan fingerprint density at radius 1 is 1.33 bits per heavy atom. The van der Waals surface area contributed by atoms with E-state index in [0.29, 0.717) is 12.0 Å². The summed E-state index contributed by atoms with van der Waals surface area (Å²) in [6, 6.07) is 4.23. The van der Waals surface area contributed by atoms with Crippen LogP contribution in [0.1, 0.15) is 31.7 Å². The summed E-state index contributed by atoms with van der Waals surface area (Å²) in [5.74, 6) is -1.55. The van der Waals surface area contributed by atoms with Gasteiger partial charge in [-0.1, -0.05) is 25.8 Å². The first-order valence-corrected chi connectivity index (χ1v) is 5.92. The molecule has 0 heterocycles. The predicted octanol–water partition coefficient (Wildman–Crippen LogP) is 1.61. The topological polar surface area (TPSA) is 104 Å². The van der Waals surface area contributed by atoms with E-state index in [1.807, 2.05) is 6.92 Å². The van der Waals surface area contributed by atoms with Crippen molar-refractivity contribution in [3.63, 3.8) is 0 Å². The van der Waals surface area contributed by atoms with Gasteiger partial charge in [-0.25, -0.2) is 0 Å². The summed E-state index contributed by atoms with van der Waals surface area (Å²) < 4.78 is 0. The van der Waals surface area contributed by atoms with E-state index in [-0.39, 0.29) is 17.9 Å². The van der Waals surface area contributed by atoms with Gasteiger partial charge < -0.3 is 21.1 Å². The highest BCUT2D eigenvalue weighted by Gasteiger charge is 2.33. The van der Waals surface area contributed by atoms with Crippen LogP contribution in [0.2, 0.25) is 0 Å². The molecular weight excluding hydrogens is 234 g/mol. The number of carboxylic acids is 1. The number of nitrogens with two attached hydrogens (primary N) is 1. The fourth-order valence-electron chi connectivity index (χ4n) is 1.81. The van der Waals surface area contributed by atoms with E-state index >= 15 is 0 Å². The monoisotopic (exact) mass is 253 g/mol. The zero-order valence-electron chi connectivity index (χ0n) is 10.4. The maximum atomic E-state index is 11.2. The summed E-state index contributed by atoms with van der Waals surface area (Å²) in [4.78, 5) is 11.2. The largest absolute Gasteiger partial charge is 0.504 e. The summed E-state index contributed by atoms with van der Waals surface area (Å²) in [6.45, 7) is 1.97. The maximum Gasteiger partial charge on any atom is 0.324 e. The number of phenolic OH excluding ortho intramolecular Hbond substituents is 2. The van der Waals surface area contributed by atoms with Gasteiger partial charge in [-0.05, 0) is 24.1 Å². The number of unbranched alkanes of at least 4 members (excludes halogenated alkanes) is 1. The van der Waals surface area contributed by atoms with Crippen molar-refractivity contribution < 1.29 is 20.1 Å². The Bertz CT molecular complexity index is 433. The van der Waals surface area contributed by atoms with E-state index in [1.54, 1.807) is 6.07 Å². The Hall–Kier alpha value is -1.75. The highest BCUT2D eigenvalue weighted by molar-refractivity contribution is 5.79. The molecule has 100 valence electrons. The number of phenols is 2. The van der Waals surface area contributed by atoms with E-state index in [2.05, 4.69) is 0 Å². The fourth-order valence-corrected chi connectivity index (χ4v) is 1.81. The Labute approximate surface area is 106 Å². The van der Waals surface area contributed by atoms with Gasteiger partial charge in [0.15, 0.2) is 11.5 Å². The molecule has 0 aliphatic rings. The molecule has 1 aromatic carbocycles. The molecule has 5 N–H and O–H groups in total. The van der Waals surface area contributed by atoms with Crippen molar-refractivity contribution in [3.05, 3.63) is 23.8 Å². The number of aliphatic carboxylic acids is 1. The van der Waals surface area contributed by atoms with Crippen molar-refractivity contribution in [2.45, 2.75) is 38.1 Å². The second-order valence-electron chi connectivity index (χ2n) is 4.56. The summed E-state index contributed by atoms with van der Waals surface area (Å²) in [5, 5.41) is 27.8. The van der Waals surface area contributed by atoms with E-state index in [1.165, 1.54) is 12.1 Å². The number of carbonyl (C=O) groups is 1. The molecule has 0 saturated heterocycles. The van der Waals surface area contributed by atoms with E-state index in [9.17, 15) is 20.1 Å². The Balaban J connectivity index is 2.89. The first-order valence-electron chi connectivity index (χ1n) is 5.92. The van der Waals surface area contributed by atoms with Gasteiger partial charge in [0.1, 0.15) is 5.54 Å². The van der Waals surface area contributed by atoms with Gasteiger partial charge in [0.2, 0.25) is 0 Å². The van der Waals surface area contributed by atoms with Crippen LogP contribution in [0.25, 0.3) is 0 Å². The average Bonchev–Trinajstić information content (AvgIpc) is 2.31. The molecule has 5 nitrogen and oxygen atoms in total. The third kappa shape index (κ3) is 3.37. The molecule has 0 radical (unpaired) electrons. The van der Waals surface area contributed by atoms with Crippen LogP contribution in [0.5, 0.6) is 11.5 Å². The van der Waals surface area contributed by atoms with E-state index in [0.717, 1.165) is 12.8 Å². The highest BCUT2D eigenvalue weighted by atomic mass is 16.4. The van der Waals surface area contributed by atoms with Crippen LogP contribution in [0.3, 0.4) is 0 Å². The van der Waals surface area contributed by atoms with Crippen LogP contribution in [-0.4, -0.2) is 26.8 Å². The molecule has 5 heteroatoms. The number of benzene rings is 1. The second-order valence-corrected chi connectivity index (χ2v) is 4.56. The van der Waals surface area contributed by atoms with Crippen molar-refractivity contribution in [3.8, 4) is 11.5 Å². The van der Waals surface area contributed by atoms with Gasteiger partial charge >= 0.3 is 5.97 Å². The van der Waals surface area contributed by atoms with E-state index < -0.39 is 11.5 Å². The Morgan fingerprint density at radius 3 is 2.50 bits per heavy atom. The Kier molecular flexibility index (Phi) is 4.55. The van der Waals surface area contributed by atoms with Crippen LogP contribution >= 0.6 is 0 Å². The zero-order chi connectivity index (χ0) is 13.8. The van der Waals surface area contributed by atoms with Crippen LogP contribution < -0.4 is 5.73 Å². The molecule has 0 amide bonds. The molecule has 1 atom stereocenters. The molecule has 1 aromatic rings. The first kappa shape index (κ1) is 14.3. The third-order valence-corrected chi connectivity index (χ3v) is 2.96. The highest BCUT2D eigenvalue weighted by Crippen LogP contribution is 2.27. The molecule has 0 spiro atoms. The van der Waals surface area contributed by atoms with Gasteiger partial charge in [0.05, 0.1) is 0 Å². The average molecular weight is 253 g/mol. The van der Waals surface area contributed by atoms with Crippen molar-refractivity contribution in [2.24, 2.45) is 5.73 Å². The molecule has 18 heavy (non-hydrogen) atoms. The predicted molar refractivity (Wildman–Crippen MR) is 67.6 cm³/mol. The molecule has 1 rings (SSSR count). The van der Waals surface area contributed by atoms with Crippen LogP contribution in [0, 0.1) is 0 Å². The molecular formula is C13H19NO4. The zero-order valence-corrected chi connectivity index (χ0v) is 10.4. The van der Waals surface area contributed by atoms with Crippen LogP contribution in [0.4, 0.5) is 0 Å². The minimum Gasteiger partial charge on any atom is -0.504 e. The lowest BCUT2D eigenvalue weighted by Crippen LogP contribution is -2.49. The quantitative estimate of drug-likeness (QED) is 0.577. The van der Waals surface area contributed by atoms with E-state index in [4.69, 9.17) is 5.73 Å². The van der Waals surface area contributed by atoms with Crippen molar-refractivity contribution in [1.29, 1.82) is 0 Å². The summed E-state index contributed by atoms with van der Waals surface area (Å²) in [5.41, 5.74) is 5.16. The minimum atomic E-state index is -1.33. The van der Waals surface area contributed by atoms with Crippen molar-refractivity contribution >= 4 is 5.97 Å². The third-order valence-electron chi connectivity index (χ3n) is 2.96. The molecule has 0 bridgehead atoms. The standard InChI is InChI=1S/C13H19NO4/c1-2-3-6-13(14,12(17)18)8-9-4-5-10(15)11(16)7-9/h4-5,7,15-16H,2-3,6,8,14H2,1H3,(H,17,18). The summed E-state index contributed by atoms with van der Waals surface area (Å²) in [6.07, 6.45) is 2.09. The lowest BCUT2D eigenvalue weighted by Gasteiger charge is -2.24. The molecule has 0 aliphatic carbocycles. The Morgan fingerprint density at radius 2 is 2.00 bits per heavy atom. The van der Waals surface area contributed by atoms with Gasteiger partial charge in [0.25, 0.3) is 0 Å². The smallest absolute Gasteiger partial charge is 0.324 e. The van der Waals surface area contributed by atoms with Gasteiger partial charge in [-0.3, -0.25) is 4.79 Å². The summed E-state index contributed by atoms with van der Waals surface area (Å²) >= 11 is 0. The minimum absolute atomic E-state index is 0.121. The molecule has 1 unspecified atom stereocenters. The first-order chi connectivity index (χ1) is 8.39. The number of hydrogen-bond donors (Lipinski definition) is 4.